The largest absolute Gasteiger partial charge is 0.397 e. The first-order valence-electron chi connectivity index (χ1n) is 8.47. The van der Waals surface area contributed by atoms with Crippen molar-refractivity contribution in [2.24, 2.45) is 0 Å². The summed E-state index contributed by atoms with van der Waals surface area (Å²) < 4.78 is 7.39. The fraction of sp³-hybridized carbons (Fsp3) is 0.278. The van der Waals surface area contributed by atoms with Gasteiger partial charge in [-0.2, -0.15) is 0 Å². The lowest BCUT2D eigenvalue weighted by Crippen LogP contribution is -2.46. The Balaban J connectivity index is 1.69. The van der Waals surface area contributed by atoms with Gasteiger partial charge in [0.15, 0.2) is 11.9 Å². The molecule has 3 heterocycles. The number of nitrogens with one attached hydrogen (secondary N) is 1. The summed E-state index contributed by atoms with van der Waals surface area (Å²) in [4.78, 5) is 21.1. The Kier molecular flexibility index (Phi) is 4.48. The molecular weight excluding hydrogens is 350 g/mol. The Labute approximate surface area is 154 Å². The topological polar surface area (TPSA) is 136 Å². The third-order valence-corrected chi connectivity index (χ3v) is 4.65. The number of hydrogen-bond donors (Lipinski definition) is 4. The second-order valence-electron chi connectivity index (χ2n) is 6.33. The summed E-state index contributed by atoms with van der Waals surface area (Å²) in [7, 11) is 0. The highest BCUT2D eigenvalue weighted by Gasteiger charge is 2.45. The number of anilines is 1. The molecule has 4 atom stereocenters. The third-order valence-electron chi connectivity index (χ3n) is 4.65. The number of aliphatic hydroxyl groups excluding tert-OH is 2. The number of aromatic nitrogens is 3. The van der Waals surface area contributed by atoms with E-state index >= 15 is 0 Å². The number of hydrogen-bond acceptors (Lipinski definition) is 7. The maximum atomic E-state index is 12.6. The predicted molar refractivity (Wildman–Crippen MR) is 96.6 cm³/mol. The maximum absolute atomic E-state index is 12.6. The number of nitrogen functional groups attached to an aromatic ring is 1. The number of carbonyl (C=O) groups excluding carboxylic acids is 1. The number of pyridine rings is 1. The van der Waals surface area contributed by atoms with Crippen molar-refractivity contribution in [2.75, 3.05) is 12.3 Å². The van der Waals surface area contributed by atoms with Crippen LogP contribution in [-0.4, -0.2) is 55.5 Å². The van der Waals surface area contributed by atoms with Gasteiger partial charge in [0.2, 0.25) is 0 Å². The molecule has 27 heavy (non-hydrogen) atoms. The van der Waals surface area contributed by atoms with Crippen molar-refractivity contribution in [1.29, 1.82) is 0 Å². The molecule has 1 aliphatic heterocycles. The Morgan fingerprint density at radius 1 is 1.26 bits per heavy atom. The van der Waals surface area contributed by atoms with Gasteiger partial charge in [-0.05, 0) is 18.2 Å². The average molecular weight is 369 g/mol. The SMILES string of the molecule is Nc1ccnc2c1ncn2[C@@H]1O[C@H](CO)[C@H](O)C1NC(=O)c1ccccc1. The van der Waals surface area contributed by atoms with Gasteiger partial charge in [0.05, 0.1) is 18.6 Å². The molecule has 5 N–H and O–H groups in total. The molecule has 3 aromatic rings. The fourth-order valence-electron chi connectivity index (χ4n) is 3.25. The third kappa shape index (κ3) is 3.01. The van der Waals surface area contributed by atoms with Gasteiger partial charge in [0.1, 0.15) is 23.8 Å². The number of imidazole rings is 1. The lowest BCUT2D eigenvalue weighted by Gasteiger charge is -2.23. The summed E-state index contributed by atoms with van der Waals surface area (Å²) in [5.41, 5.74) is 7.80. The van der Waals surface area contributed by atoms with Gasteiger partial charge in [-0.15, -0.1) is 0 Å². The van der Waals surface area contributed by atoms with Gasteiger partial charge < -0.3 is 26.0 Å². The summed E-state index contributed by atoms with van der Waals surface area (Å²) in [5.74, 6) is -0.358. The standard InChI is InChI=1S/C18H19N5O4/c19-11-6-7-20-16-13(11)21-9-23(16)18-14(15(25)12(8-24)27-18)22-17(26)10-4-2-1-3-5-10/h1-7,9,12,14-15,18,24-25H,8H2,(H2,19,20)(H,22,26)/t12-,14?,15+,18-/m1/s1. The molecule has 1 amide bonds. The van der Waals surface area contributed by atoms with Crippen LogP contribution in [0, 0.1) is 0 Å². The first kappa shape index (κ1) is 17.4. The molecular formula is C18H19N5O4. The van der Waals surface area contributed by atoms with Crippen molar-refractivity contribution in [3.05, 3.63) is 54.5 Å². The second kappa shape index (κ2) is 6.95. The summed E-state index contributed by atoms with van der Waals surface area (Å²) in [6.45, 7) is -0.391. The Bertz CT molecular complexity index is 961. The molecule has 140 valence electrons. The van der Waals surface area contributed by atoms with Gasteiger partial charge in [0.25, 0.3) is 5.91 Å². The van der Waals surface area contributed by atoms with Crippen LogP contribution >= 0.6 is 0 Å². The molecule has 0 bridgehead atoms. The quantitative estimate of drug-likeness (QED) is 0.511. The van der Waals surface area contributed by atoms with E-state index in [4.69, 9.17) is 10.5 Å². The van der Waals surface area contributed by atoms with Crippen LogP contribution in [0.4, 0.5) is 5.69 Å². The van der Waals surface area contributed by atoms with E-state index in [1.807, 2.05) is 6.07 Å². The number of carbonyl (C=O) groups is 1. The van der Waals surface area contributed by atoms with E-state index in [9.17, 15) is 15.0 Å². The molecule has 2 aromatic heterocycles. The Morgan fingerprint density at radius 3 is 2.78 bits per heavy atom. The summed E-state index contributed by atoms with van der Waals surface area (Å²) >= 11 is 0. The highest BCUT2D eigenvalue weighted by molar-refractivity contribution is 5.94. The van der Waals surface area contributed by atoms with Crippen LogP contribution in [0.2, 0.25) is 0 Å². The number of fused-ring (bicyclic) bond motifs is 1. The fourth-order valence-corrected chi connectivity index (χ4v) is 3.25. The van der Waals surface area contributed by atoms with Crippen molar-refractivity contribution in [3.8, 4) is 0 Å². The van der Waals surface area contributed by atoms with E-state index in [0.717, 1.165) is 0 Å². The average Bonchev–Trinajstić information content (AvgIpc) is 3.25. The molecule has 1 saturated heterocycles. The minimum atomic E-state index is -1.11. The predicted octanol–water partition coefficient (Wildman–Crippen LogP) is 0.0627. The molecule has 0 aliphatic carbocycles. The number of rotatable bonds is 4. The van der Waals surface area contributed by atoms with Crippen LogP contribution in [-0.2, 0) is 4.74 Å². The van der Waals surface area contributed by atoms with Gasteiger partial charge in [-0.25, -0.2) is 9.97 Å². The van der Waals surface area contributed by atoms with Gasteiger partial charge in [-0.3, -0.25) is 9.36 Å². The highest BCUT2D eigenvalue weighted by atomic mass is 16.5. The maximum Gasteiger partial charge on any atom is 0.251 e. The number of nitrogens with zero attached hydrogens (tertiary/aromatic N) is 3. The van der Waals surface area contributed by atoms with Gasteiger partial charge in [-0.1, -0.05) is 18.2 Å². The highest BCUT2D eigenvalue weighted by Crippen LogP contribution is 2.32. The van der Waals surface area contributed by atoms with Crippen LogP contribution < -0.4 is 11.1 Å². The van der Waals surface area contributed by atoms with E-state index < -0.39 is 31.1 Å². The zero-order chi connectivity index (χ0) is 19.0. The number of amides is 1. The van der Waals surface area contributed by atoms with Gasteiger partial charge in [0, 0.05) is 11.8 Å². The number of nitrogens with two attached hydrogens (primary N) is 1. The number of benzene rings is 1. The zero-order valence-corrected chi connectivity index (χ0v) is 14.3. The number of ether oxygens (including phenoxy) is 1. The minimum absolute atomic E-state index is 0.358. The first-order valence-corrected chi connectivity index (χ1v) is 8.47. The summed E-state index contributed by atoms with van der Waals surface area (Å²) in [5, 5.41) is 22.9. The van der Waals surface area contributed by atoms with E-state index in [1.165, 1.54) is 6.33 Å². The first-order chi connectivity index (χ1) is 13.1. The van der Waals surface area contributed by atoms with E-state index in [0.29, 0.717) is 22.4 Å². The lowest BCUT2D eigenvalue weighted by atomic mass is 10.1. The Hall–Kier alpha value is -3.01. The normalized spacial score (nSPS) is 25.0. The molecule has 1 aliphatic rings. The van der Waals surface area contributed by atoms with Crippen LogP contribution in [0.5, 0.6) is 0 Å². The monoisotopic (exact) mass is 369 g/mol. The molecule has 9 heteroatoms. The van der Waals surface area contributed by atoms with Crippen LogP contribution in [0.15, 0.2) is 48.9 Å². The second-order valence-corrected chi connectivity index (χ2v) is 6.33. The van der Waals surface area contributed by atoms with E-state index in [2.05, 4.69) is 15.3 Å². The number of aliphatic hydroxyl groups is 2. The van der Waals surface area contributed by atoms with Gasteiger partial charge >= 0.3 is 0 Å². The molecule has 0 spiro atoms. The minimum Gasteiger partial charge on any atom is -0.397 e. The molecule has 1 aromatic carbocycles. The molecule has 4 rings (SSSR count). The van der Waals surface area contributed by atoms with E-state index in [1.54, 1.807) is 41.1 Å². The molecule has 1 unspecified atom stereocenters. The smallest absolute Gasteiger partial charge is 0.251 e. The molecule has 1 fully saturated rings. The van der Waals surface area contributed by atoms with E-state index in [-0.39, 0.29) is 5.91 Å². The Morgan fingerprint density at radius 2 is 2.04 bits per heavy atom. The lowest BCUT2D eigenvalue weighted by molar-refractivity contribution is -0.0440. The molecule has 0 saturated carbocycles. The zero-order valence-electron chi connectivity index (χ0n) is 14.3. The van der Waals surface area contributed by atoms with Crippen LogP contribution in [0.1, 0.15) is 16.6 Å². The summed E-state index contributed by atoms with van der Waals surface area (Å²) in [6.07, 6.45) is 0.277. The van der Waals surface area contributed by atoms with Crippen molar-refractivity contribution >= 4 is 22.8 Å². The van der Waals surface area contributed by atoms with Crippen molar-refractivity contribution in [1.82, 2.24) is 19.9 Å². The van der Waals surface area contributed by atoms with Crippen LogP contribution in [0.25, 0.3) is 11.2 Å². The van der Waals surface area contributed by atoms with Crippen molar-refractivity contribution in [3.63, 3.8) is 0 Å². The van der Waals surface area contributed by atoms with Crippen LogP contribution in [0.3, 0.4) is 0 Å². The summed E-state index contributed by atoms with van der Waals surface area (Å²) in [6, 6.07) is 9.48. The van der Waals surface area contributed by atoms with Crippen molar-refractivity contribution in [2.45, 2.75) is 24.5 Å². The van der Waals surface area contributed by atoms with Crippen molar-refractivity contribution < 1.29 is 19.7 Å². The molecule has 9 nitrogen and oxygen atoms in total. The molecule has 0 radical (unpaired) electrons.